The number of amides is 1. The van der Waals surface area contributed by atoms with Gasteiger partial charge in [-0.3, -0.25) is 4.79 Å². The van der Waals surface area contributed by atoms with Gasteiger partial charge >= 0.3 is 0 Å². The van der Waals surface area contributed by atoms with Crippen LogP contribution in [0.1, 0.15) is 15.2 Å². The lowest BCUT2D eigenvalue weighted by atomic mass is 10.2. The van der Waals surface area contributed by atoms with Crippen LogP contribution in [0.15, 0.2) is 29.6 Å². The average Bonchev–Trinajstić information content (AvgIpc) is 2.73. The number of carbonyl (C=O) groups excluding carboxylic acids is 1. The van der Waals surface area contributed by atoms with Gasteiger partial charge in [0.05, 0.1) is 17.3 Å². The van der Waals surface area contributed by atoms with E-state index in [9.17, 15) is 4.79 Å². The maximum atomic E-state index is 11.1. The fraction of sp³-hybridized carbons (Fsp3) is 0.0833. The van der Waals surface area contributed by atoms with Crippen LogP contribution in [0.5, 0.6) is 0 Å². The Bertz CT molecular complexity index is 582. The van der Waals surface area contributed by atoms with E-state index in [1.165, 1.54) is 0 Å². The van der Waals surface area contributed by atoms with E-state index in [0.29, 0.717) is 22.8 Å². The summed E-state index contributed by atoms with van der Waals surface area (Å²) >= 11 is 7.60. The van der Waals surface area contributed by atoms with E-state index in [1.54, 1.807) is 29.5 Å². The van der Waals surface area contributed by atoms with Crippen molar-refractivity contribution in [3.8, 4) is 0 Å². The molecular formula is C12H12ClN3OS. The van der Waals surface area contributed by atoms with E-state index < -0.39 is 5.91 Å². The highest BCUT2D eigenvalue weighted by Gasteiger charge is 2.07. The van der Waals surface area contributed by atoms with Gasteiger partial charge in [-0.15, -0.1) is 11.3 Å². The number of nitrogens with two attached hydrogens (primary N) is 2. The summed E-state index contributed by atoms with van der Waals surface area (Å²) in [7, 11) is 0. The van der Waals surface area contributed by atoms with Gasteiger partial charge < -0.3 is 16.8 Å². The lowest BCUT2D eigenvalue weighted by molar-refractivity contribution is 0.100. The first-order valence-electron chi connectivity index (χ1n) is 5.23. The lowest BCUT2D eigenvalue weighted by Crippen LogP contribution is -2.11. The minimum absolute atomic E-state index is 0.418. The predicted octanol–water partition coefficient (Wildman–Crippen LogP) is 2.69. The molecule has 1 aromatic carbocycles. The van der Waals surface area contributed by atoms with Crippen molar-refractivity contribution in [3.63, 3.8) is 0 Å². The zero-order valence-electron chi connectivity index (χ0n) is 9.44. The zero-order valence-corrected chi connectivity index (χ0v) is 11.0. The molecule has 0 saturated heterocycles. The quantitative estimate of drug-likeness (QED) is 0.806. The molecule has 94 valence electrons. The first kappa shape index (κ1) is 12.7. The van der Waals surface area contributed by atoms with Gasteiger partial charge in [-0.05, 0) is 29.6 Å². The monoisotopic (exact) mass is 281 g/mol. The number of hydrogen-bond acceptors (Lipinski definition) is 4. The smallest absolute Gasteiger partial charge is 0.248 e. The van der Waals surface area contributed by atoms with E-state index >= 15 is 0 Å². The van der Waals surface area contributed by atoms with Crippen molar-refractivity contribution in [3.05, 3.63) is 45.1 Å². The summed E-state index contributed by atoms with van der Waals surface area (Å²) in [4.78, 5) is 12.1. The molecule has 0 radical (unpaired) electrons. The summed E-state index contributed by atoms with van der Waals surface area (Å²) < 4.78 is 0. The van der Waals surface area contributed by atoms with Gasteiger partial charge in [-0.25, -0.2) is 0 Å². The molecule has 0 unspecified atom stereocenters. The number of hydrogen-bond donors (Lipinski definition) is 3. The summed E-state index contributed by atoms with van der Waals surface area (Å²) in [6, 6.07) is 6.72. The molecule has 0 saturated carbocycles. The Morgan fingerprint density at radius 2 is 2.17 bits per heavy atom. The first-order valence-corrected chi connectivity index (χ1v) is 6.49. The van der Waals surface area contributed by atoms with Gasteiger partial charge in [0.15, 0.2) is 0 Å². The van der Waals surface area contributed by atoms with Gasteiger partial charge in [-0.2, -0.15) is 0 Å². The second kappa shape index (κ2) is 5.29. The highest BCUT2D eigenvalue weighted by molar-refractivity contribution is 7.10. The first-order chi connectivity index (χ1) is 8.58. The molecule has 0 bridgehead atoms. The van der Waals surface area contributed by atoms with Crippen molar-refractivity contribution >= 4 is 40.2 Å². The average molecular weight is 282 g/mol. The normalized spacial score (nSPS) is 10.3. The van der Waals surface area contributed by atoms with Crippen LogP contribution in [-0.4, -0.2) is 5.91 Å². The molecule has 6 heteroatoms. The molecule has 0 fully saturated rings. The maximum absolute atomic E-state index is 11.1. The van der Waals surface area contributed by atoms with Crippen LogP contribution in [0.4, 0.5) is 11.4 Å². The lowest BCUT2D eigenvalue weighted by Gasteiger charge is -2.09. The van der Waals surface area contributed by atoms with Crippen LogP contribution in [0.3, 0.4) is 0 Å². The van der Waals surface area contributed by atoms with Crippen LogP contribution in [0.2, 0.25) is 5.02 Å². The third-order valence-electron chi connectivity index (χ3n) is 2.47. The third kappa shape index (κ3) is 2.75. The fourth-order valence-electron chi connectivity index (χ4n) is 1.48. The second-order valence-corrected chi connectivity index (χ2v) is 5.12. The Morgan fingerprint density at radius 1 is 1.39 bits per heavy atom. The molecule has 1 amide bonds. The molecule has 4 nitrogen and oxygen atoms in total. The summed E-state index contributed by atoms with van der Waals surface area (Å²) in [6.45, 7) is 0.561. The Balaban J connectivity index is 2.16. The number of rotatable bonds is 4. The minimum Gasteiger partial charge on any atom is -0.398 e. The highest BCUT2D eigenvalue weighted by atomic mass is 35.5. The summed E-state index contributed by atoms with van der Waals surface area (Å²) in [5.74, 6) is -0.481. The molecule has 2 aromatic rings. The summed E-state index contributed by atoms with van der Waals surface area (Å²) in [6.07, 6.45) is 0. The van der Waals surface area contributed by atoms with E-state index in [4.69, 9.17) is 23.1 Å². The number of thiophene rings is 1. The number of nitrogen functional groups attached to an aromatic ring is 1. The number of benzene rings is 1. The molecule has 1 aromatic heterocycles. The van der Waals surface area contributed by atoms with Gasteiger partial charge in [0.25, 0.3) is 0 Å². The van der Waals surface area contributed by atoms with Gasteiger partial charge in [0.1, 0.15) is 0 Å². The molecule has 1 heterocycles. The Hall–Kier alpha value is -1.72. The molecule has 0 aliphatic rings. The van der Waals surface area contributed by atoms with Gasteiger partial charge in [-0.1, -0.05) is 11.6 Å². The zero-order chi connectivity index (χ0) is 13.1. The molecular weight excluding hydrogens is 270 g/mol. The summed E-state index contributed by atoms with van der Waals surface area (Å²) in [5, 5.41) is 5.60. The second-order valence-electron chi connectivity index (χ2n) is 3.71. The van der Waals surface area contributed by atoms with E-state index in [1.807, 2.05) is 11.4 Å². The van der Waals surface area contributed by atoms with Crippen LogP contribution in [0.25, 0.3) is 0 Å². The van der Waals surface area contributed by atoms with E-state index in [0.717, 1.165) is 10.6 Å². The maximum Gasteiger partial charge on any atom is 0.248 e. The number of nitrogens with one attached hydrogen (secondary N) is 1. The topological polar surface area (TPSA) is 81.1 Å². The standard InChI is InChI=1S/C12H12ClN3OS/c13-8-2-1-7(12(15)17)5-10(8)16-6-11-9(14)3-4-18-11/h1-5,16H,6,14H2,(H2,15,17). The Labute approximate surface area is 114 Å². The fourth-order valence-corrected chi connectivity index (χ4v) is 2.41. The van der Waals surface area contributed by atoms with E-state index in [-0.39, 0.29) is 0 Å². The molecule has 5 N–H and O–H groups in total. The van der Waals surface area contributed by atoms with Gasteiger partial charge in [0.2, 0.25) is 5.91 Å². The van der Waals surface area contributed by atoms with Crippen molar-refractivity contribution in [2.75, 3.05) is 11.1 Å². The van der Waals surface area contributed by atoms with Crippen molar-refractivity contribution in [2.45, 2.75) is 6.54 Å². The molecule has 18 heavy (non-hydrogen) atoms. The predicted molar refractivity (Wildman–Crippen MR) is 76.0 cm³/mol. The minimum atomic E-state index is -0.481. The van der Waals surface area contributed by atoms with E-state index in [2.05, 4.69) is 5.32 Å². The third-order valence-corrected chi connectivity index (χ3v) is 3.74. The van der Waals surface area contributed by atoms with Crippen LogP contribution in [-0.2, 0) is 6.54 Å². The number of primary amides is 1. The largest absolute Gasteiger partial charge is 0.398 e. The molecule has 0 spiro atoms. The highest BCUT2D eigenvalue weighted by Crippen LogP contribution is 2.25. The number of carbonyl (C=O) groups is 1. The number of anilines is 2. The van der Waals surface area contributed by atoms with Gasteiger partial charge in [0, 0.05) is 16.1 Å². The Kier molecular flexibility index (Phi) is 3.74. The number of halogens is 1. The van der Waals surface area contributed by atoms with Crippen molar-refractivity contribution in [1.29, 1.82) is 0 Å². The van der Waals surface area contributed by atoms with Crippen molar-refractivity contribution in [2.24, 2.45) is 5.73 Å². The van der Waals surface area contributed by atoms with Crippen molar-refractivity contribution < 1.29 is 4.79 Å². The SMILES string of the molecule is NC(=O)c1ccc(Cl)c(NCc2sccc2N)c1. The molecule has 0 aliphatic heterocycles. The van der Waals surface area contributed by atoms with Crippen LogP contribution >= 0.6 is 22.9 Å². The summed E-state index contributed by atoms with van der Waals surface area (Å²) in [5.41, 5.74) is 12.8. The molecule has 0 aliphatic carbocycles. The van der Waals surface area contributed by atoms with Crippen LogP contribution in [0, 0.1) is 0 Å². The molecule has 2 rings (SSSR count). The van der Waals surface area contributed by atoms with Crippen LogP contribution < -0.4 is 16.8 Å². The molecule has 0 atom stereocenters. The Morgan fingerprint density at radius 3 is 2.78 bits per heavy atom. The van der Waals surface area contributed by atoms with Crippen molar-refractivity contribution in [1.82, 2.24) is 0 Å².